The predicted molar refractivity (Wildman–Crippen MR) is 7.81 cm³/mol. The molecule has 25 valence electrons. The van der Waals surface area contributed by atoms with Crippen LogP contribution in [0.3, 0.4) is 0 Å². The Labute approximate surface area is 34.9 Å². The standard InChI is InChI=1S/BO.2O.Ti/c1-2;;;/q+1;;;-1. The summed E-state index contributed by atoms with van der Waals surface area (Å²) in [6.07, 6.45) is 0. The van der Waals surface area contributed by atoms with Crippen LogP contribution in [0.5, 0.6) is 0 Å². The third-order valence-corrected chi connectivity index (χ3v) is 0.397. The summed E-state index contributed by atoms with van der Waals surface area (Å²) in [6, 6.07) is 0. The van der Waals surface area contributed by atoms with E-state index in [9.17, 15) is 0 Å². The number of rotatable bonds is 1. The second kappa shape index (κ2) is 2.42. The Kier molecular flexibility index (Phi) is 2.51. The van der Waals surface area contributed by atoms with Gasteiger partial charge < -0.3 is 0 Å². The molecule has 0 spiro atoms. The van der Waals surface area contributed by atoms with Crippen molar-refractivity contribution in [3.63, 3.8) is 0 Å². The molecular formula is BO3Ti. The van der Waals surface area contributed by atoms with Gasteiger partial charge in [-0.1, -0.05) is 0 Å². The monoisotopic (exact) mass is 107 g/mol. The summed E-state index contributed by atoms with van der Waals surface area (Å²) in [6.45, 7) is 0. The minimum absolute atomic E-state index is 0.0278. The Morgan fingerprint density at radius 2 is 1.60 bits per heavy atom. The van der Waals surface area contributed by atoms with E-state index in [-0.39, 0.29) is 5.33 Å². The molecule has 0 saturated heterocycles. The summed E-state index contributed by atoms with van der Waals surface area (Å²) < 4.78 is 27.2. The number of hydrogen-bond acceptors (Lipinski definition) is 3. The average molecular weight is 107 g/mol. The van der Waals surface area contributed by atoms with Gasteiger partial charge in [0.2, 0.25) is 0 Å². The van der Waals surface area contributed by atoms with Crippen LogP contribution in [-0.4, -0.2) is 5.33 Å². The fraction of sp³-hybridized carbons (Fsp3) is 0. The molecule has 0 radical (unpaired) electrons. The van der Waals surface area contributed by atoms with Gasteiger partial charge in [0.15, 0.2) is 0 Å². The van der Waals surface area contributed by atoms with Gasteiger partial charge in [-0.15, -0.1) is 0 Å². The first-order valence-corrected chi connectivity index (χ1v) is 3.11. The van der Waals surface area contributed by atoms with Crippen molar-refractivity contribution in [2.24, 2.45) is 0 Å². The van der Waals surface area contributed by atoms with Gasteiger partial charge in [0.05, 0.1) is 0 Å². The van der Waals surface area contributed by atoms with Crippen LogP contribution >= 0.6 is 0 Å². The van der Waals surface area contributed by atoms with Gasteiger partial charge in [-0.3, -0.25) is 0 Å². The molecule has 0 fully saturated rings. The Balaban J connectivity index is 3.69. The van der Waals surface area contributed by atoms with E-state index in [1.54, 1.807) is 0 Å². The molecule has 0 unspecified atom stereocenters. The molecule has 0 aromatic heterocycles. The van der Waals surface area contributed by atoms with E-state index in [4.69, 9.17) is 11.4 Å². The van der Waals surface area contributed by atoms with E-state index >= 15 is 0 Å². The van der Waals surface area contributed by atoms with E-state index in [1.807, 2.05) is 0 Å². The van der Waals surface area contributed by atoms with Gasteiger partial charge in [-0.05, 0) is 0 Å². The topological polar surface area (TPSA) is 51.2 Å². The SMILES string of the molecule is O=[B][Ti](=[O])=[O]. The maximum atomic E-state index is 9.14. The normalized spacial score (nSPS) is 5.60. The van der Waals surface area contributed by atoms with Gasteiger partial charge in [-0.2, -0.15) is 0 Å². The fourth-order valence-corrected chi connectivity index (χ4v) is 0. The summed E-state index contributed by atoms with van der Waals surface area (Å²) in [5, 5.41) is -0.0278. The van der Waals surface area contributed by atoms with Crippen molar-refractivity contribution in [3.8, 4) is 0 Å². The third-order valence-electron chi connectivity index (χ3n) is 0.0962. The zero-order valence-corrected chi connectivity index (χ0v) is 3.86. The summed E-state index contributed by atoms with van der Waals surface area (Å²) >= 11 is -3.54. The van der Waals surface area contributed by atoms with E-state index < -0.39 is 17.6 Å². The first kappa shape index (κ1) is 5.18. The molecule has 0 aromatic carbocycles. The number of hydrogen-bond donors (Lipinski definition) is 0. The average Bonchev–Trinajstić information content (AvgIpc) is 1.38. The molecular weight excluding hydrogens is 107 g/mol. The van der Waals surface area contributed by atoms with Gasteiger partial charge in [-0.25, -0.2) is 0 Å². The zero-order chi connectivity index (χ0) is 4.28. The molecule has 3 nitrogen and oxygen atoms in total. The second-order valence-electron chi connectivity index (χ2n) is 0.437. The second-order valence-corrected chi connectivity index (χ2v) is 1.80. The van der Waals surface area contributed by atoms with E-state index in [1.165, 1.54) is 0 Å². The molecule has 0 rings (SSSR count). The first-order valence-electron chi connectivity index (χ1n) is 0.933. The molecule has 5 heteroatoms. The van der Waals surface area contributed by atoms with Gasteiger partial charge in [0.25, 0.3) is 0 Å². The van der Waals surface area contributed by atoms with E-state index in [0.29, 0.717) is 0 Å². The maximum absolute atomic E-state index is 9.14. The molecule has 0 N–H and O–H groups in total. The van der Waals surface area contributed by atoms with Crippen molar-refractivity contribution in [1.29, 1.82) is 0 Å². The van der Waals surface area contributed by atoms with Crippen LogP contribution in [-0.2, 0) is 29.0 Å². The molecule has 0 atom stereocenters. The Bertz CT molecular complexity index is 83.1. The van der Waals surface area contributed by atoms with Crippen LogP contribution in [0, 0.1) is 0 Å². The molecule has 0 aliphatic heterocycles. The molecule has 0 saturated carbocycles. The summed E-state index contributed by atoms with van der Waals surface area (Å²) in [5.41, 5.74) is 0. The van der Waals surface area contributed by atoms with E-state index in [2.05, 4.69) is 0 Å². The van der Waals surface area contributed by atoms with Crippen molar-refractivity contribution < 1.29 is 29.0 Å². The van der Waals surface area contributed by atoms with Crippen LogP contribution in [0.1, 0.15) is 0 Å². The Morgan fingerprint density at radius 3 is 1.60 bits per heavy atom. The Morgan fingerprint density at radius 1 is 1.40 bits per heavy atom. The minimum atomic E-state index is -3.54. The quantitative estimate of drug-likeness (QED) is 0.414. The van der Waals surface area contributed by atoms with Crippen molar-refractivity contribution in [2.75, 3.05) is 0 Å². The van der Waals surface area contributed by atoms with Crippen LogP contribution in [0.4, 0.5) is 0 Å². The summed E-state index contributed by atoms with van der Waals surface area (Å²) in [7, 11) is 0. The van der Waals surface area contributed by atoms with Crippen LogP contribution in [0.25, 0.3) is 0 Å². The summed E-state index contributed by atoms with van der Waals surface area (Å²) in [4.78, 5) is 0. The molecule has 0 aliphatic rings. The molecule has 0 aromatic rings. The van der Waals surface area contributed by atoms with Crippen LogP contribution in [0.2, 0.25) is 0 Å². The van der Waals surface area contributed by atoms with Crippen LogP contribution in [0.15, 0.2) is 0 Å². The third kappa shape index (κ3) is 4.18. The molecule has 0 bridgehead atoms. The van der Waals surface area contributed by atoms with Gasteiger partial charge in [0, 0.05) is 0 Å². The molecule has 5 heavy (non-hydrogen) atoms. The van der Waals surface area contributed by atoms with Crippen molar-refractivity contribution >= 4 is 5.33 Å². The van der Waals surface area contributed by atoms with Crippen molar-refractivity contribution in [3.05, 3.63) is 0 Å². The molecule has 0 aliphatic carbocycles. The van der Waals surface area contributed by atoms with E-state index in [0.717, 1.165) is 0 Å². The fourth-order valence-electron chi connectivity index (χ4n) is 0. The van der Waals surface area contributed by atoms with Crippen molar-refractivity contribution in [2.45, 2.75) is 0 Å². The zero-order valence-electron chi connectivity index (χ0n) is 2.30. The molecule has 0 amide bonds. The molecule has 0 heterocycles. The predicted octanol–water partition coefficient (Wildman–Crippen LogP) is -0.740. The van der Waals surface area contributed by atoms with Gasteiger partial charge in [0.1, 0.15) is 0 Å². The van der Waals surface area contributed by atoms with Crippen molar-refractivity contribution in [1.82, 2.24) is 0 Å². The first-order chi connectivity index (χ1) is 2.27. The summed E-state index contributed by atoms with van der Waals surface area (Å²) in [5.74, 6) is 0. The van der Waals surface area contributed by atoms with Gasteiger partial charge >= 0.3 is 34.3 Å². The Hall–Kier alpha value is 0.179. The van der Waals surface area contributed by atoms with Crippen LogP contribution < -0.4 is 0 Å².